The molecule has 4 heterocycles. The lowest BCUT2D eigenvalue weighted by molar-refractivity contribution is 0.140. The van der Waals surface area contributed by atoms with Gasteiger partial charge in [0.25, 0.3) is 5.56 Å². The van der Waals surface area contributed by atoms with E-state index in [-0.39, 0.29) is 5.56 Å². The summed E-state index contributed by atoms with van der Waals surface area (Å²) in [5.74, 6) is 0.887. The summed E-state index contributed by atoms with van der Waals surface area (Å²) in [5, 5.41) is 0.789. The van der Waals surface area contributed by atoms with E-state index < -0.39 is 0 Å². The van der Waals surface area contributed by atoms with E-state index in [0.29, 0.717) is 6.61 Å². The molecule has 1 fully saturated rings. The number of aryl methyl sites for hydroxylation is 1. The normalized spacial score (nSPS) is 15.3. The van der Waals surface area contributed by atoms with E-state index in [9.17, 15) is 4.79 Å². The number of nitrogens with zero attached hydrogens (tertiary/aromatic N) is 4. The Morgan fingerprint density at radius 3 is 3.00 bits per heavy atom. The average Bonchev–Trinajstić information content (AvgIpc) is 3.03. The quantitative estimate of drug-likeness (QED) is 0.561. The van der Waals surface area contributed by atoms with Gasteiger partial charge in [0.1, 0.15) is 5.82 Å². The first-order valence-electron chi connectivity index (χ1n) is 10.7. The smallest absolute Gasteiger partial charge is 0.259 e. The van der Waals surface area contributed by atoms with Crippen molar-refractivity contribution in [1.82, 2.24) is 14.5 Å². The zero-order valence-electron chi connectivity index (χ0n) is 18.5. The van der Waals surface area contributed by atoms with Crippen LogP contribution in [0, 0.1) is 0 Å². The Kier molecular flexibility index (Phi) is 7.02. The second-order valence-electron chi connectivity index (χ2n) is 7.97. The Labute approximate surface area is 186 Å². The minimum absolute atomic E-state index is 0.0481. The van der Waals surface area contributed by atoms with Crippen LogP contribution in [0.5, 0.6) is 0 Å². The molecule has 0 spiro atoms. The highest BCUT2D eigenvalue weighted by atomic mass is 32.1. The first kappa shape index (κ1) is 22.0. The largest absolute Gasteiger partial charge is 0.383 e. The van der Waals surface area contributed by atoms with Gasteiger partial charge >= 0.3 is 0 Å². The molecule has 0 N–H and O–H groups in total. The van der Waals surface area contributed by atoms with Crippen LogP contribution in [0.25, 0.3) is 21.2 Å². The molecule has 166 valence electrons. The van der Waals surface area contributed by atoms with E-state index in [1.54, 1.807) is 23.0 Å². The molecule has 0 atom stereocenters. The zero-order valence-corrected chi connectivity index (χ0v) is 19.3. The Morgan fingerprint density at radius 1 is 1.29 bits per heavy atom. The van der Waals surface area contributed by atoms with Crippen LogP contribution in [0.4, 0.5) is 5.82 Å². The van der Waals surface area contributed by atoms with Crippen LogP contribution < -0.4 is 10.5 Å². The third-order valence-electron chi connectivity index (χ3n) is 5.67. The Hall–Kier alpha value is -2.26. The number of pyridine rings is 2. The second kappa shape index (κ2) is 9.91. The van der Waals surface area contributed by atoms with Crippen LogP contribution in [0.2, 0.25) is 0 Å². The van der Waals surface area contributed by atoms with Gasteiger partial charge in [-0.3, -0.25) is 9.69 Å². The molecule has 8 heteroatoms. The highest BCUT2D eigenvalue weighted by Gasteiger charge is 2.17. The van der Waals surface area contributed by atoms with Gasteiger partial charge in [-0.1, -0.05) is 0 Å². The number of methoxy groups -OCH3 is 1. The van der Waals surface area contributed by atoms with Gasteiger partial charge in [-0.05, 0) is 30.2 Å². The van der Waals surface area contributed by atoms with Crippen molar-refractivity contribution in [2.75, 3.05) is 58.5 Å². The molecule has 0 radical (unpaired) electrons. The second-order valence-corrected chi connectivity index (χ2v) is 9.11. The summed E-state index contributed by atoms with van der Waals surface area (Å²) in [7, 11) is 5.53. The molecule has 0 saturated carbocycles. The maximum atomic E-state index is 12.9. The first-order valence-corrected chi connectivity index (χ1v) is 11.5. The molecule has 7 nitrogen and oxygen atoms in total. The van der Waals surface area contributed by atoms with Crippen LogP contribution in [0.3, 0.4) is 0 Å². The van der Waals surface area contributed by atoms with Gasteiger partial charge < -0.3 is 18.9 Å². The topological polar surface area (TPSA) is 59.8 Å². The molecule has 1 aliphatic heterocycles. The average molecular weight is 443 g/mol. The highest BCUT2D eigenvalue weighted by Crippen LogP contribution is 2.34. The number of aromatic nitrogens is 2. The number of rotatable bonds is 7. The number of ether oxygens (including phenoxy) is 2. The number of hydrogen-bond donors (Lipinski definition) is 0. The van der Waals surface area contributed by atoms with Crippen molar-refractivity contribution in [3.63, 3.8) is 0 Å². The molecule has 1 aliphatic rings. The van der Waals surface area contributed by atoms with Crippen LogP contribution in [0.1, 0.15) is 11.3 Å². The van der Waals surface area contributed by atoms with E-state index >= 15 is 0 Å². The lowest BCUT2D eigenvalue weighted by atomic mass is 10.1. The van der Waals surface area contributed by atoms with E-state index in [1.165, 1.54) is 4.88 Å². The van der Waals surface area contributed by atoms with Crippen LogP contribution in [-0.4, -0.2) is 68.1 Å². The van der Waals surface area contributed by atoms with Crippen molar-refractivity contribution >= 4 is 27.2 Å². The third-order valence-corrected chi connectivity index (χ3v) is 6.83. The summed E-state index contributed by atoms with van der Waals surface area (Å²) >= 11 is 1.72. The minimum Gasteiger partial charge on any atom is -0.383 e. The summed E-state index contributed by atoms with van der Waals surface area (Å²) in [5.41, 5.74) is 2.18. The standard InChI is InChI=1S/C23H30N4O3S/c1-25(8-11-29-3)21-13-17(5-6-24-21)20-16-26(2)23(28)19-14-18(31-22(19)20)15-27-7-4-10-30-12-9-27/h5-6,13-14,16H,4,7-12,15H2,1-3H3. The number of hydrogen-bond acceptors (Lipinski definition) is 7. The minimum atomic E-state index is 0.0481. The summed E-state index contributed by atoms with van der Waals surface area (Å²) < 4.78 is 13.5. The monoisotopic (exact) mass is 442 g/mol. The maximum absolute atomic E-state index is 12.9. The predicted octanol–water partition coefficient (Wildman–Crippen LogP) is 2.97. The fraction of sp³-hybridized carbons (Fsp3) is 0.478. The fourth-order valence-electron chi connectivity index (χ4n) is 3.90. The van der Waals surface area contributed by atoms with E-state index in [1.807, 2.05) is 32.6 Å². The Bertz CT molecular complexity index is 1090. The molecule has 31 heavy (non-hydrogen) atoms. The zero-order chi connectivity index (χ0) is 21.8. The summed E-state index contributed by atoms with van der Waals surface area (Å²) in [6.07, 6.45) is 4.82. The van der Waals surface area contributed by atoms with Crippen molar-refractivity contribution in [2.45, 2.75) is 13.0 Å². The lowest BCUT2D eigenvalue weighted by Crippen LogP contribution is -2.25. The van der Waals surface area contributed by atoms with E-state index in [2.05, 4.69) is 26.9 Å². The van der Waals surface area contributed by atoms with E-state index in [0.717, 1.165) is 72.8 Å². The highest BCUT2D eigenvalue weighted by molar-refractivity contribution is 7.19. The van der Waals surface area contributed by atoms with E-state index in [4.69, 9.17) is 9.47 Å². The summed E-state index contributed by atoms with van der Waals surface area (Å²) in [4.78, 5) is 23.1. The van der Waals surface area contributed by atoms with Gasteiger partial charge in [0.05, 0.1) is 18.6 Å². The molecular formula is C23H30N4O3S. The van der Waals surface area contributed by atoms with Gasteiger partial charge in [-0.2, -0.15) is 0 Å². The predicted molar refractivity (Wildman–Crippen MR) is 126 cm³/mol. The molecule has 0 amide bonds. The number of likely N-dealkylation sites (N-methyl/N-ethyl adjacent to an activating group) is 1. The molecule has 3 aromatic heterocycles. The van der Waals surface area contributed by atoms with Gasteiger partial charge in [-0.15, -0.1) is 11.3 Å². The van der Waals surface area contributed by atoms with Crippen LogP contribution in [0.15, 0.2) is 35.4 Å². The molecule has 0 aliphatic carbocycles. The van der Waals surface area contributed by atoms with Gasteiger partial charge in [0, 0.05) is 81.5 Å². The Morgan fingerprint density at radius 2 is 2.16 bits per heavy atom. The number of thiophene rings is 1. The molecule has 3 aromatic rings. The molecule has 0 aromatic carbocycles. The molecule has 0 bridgehead atoms. The molecule has 0 unspecified atom stereocenters. The van der Waals surface area contributed by atoms with Gasteiger partial charge in [0.15, 0.2) is 0 Å². The van der Waals surface area contributed by atoms with Crippen molar-refractivity contribution in [3.8, 4) is 11.1 Å². The van der Waals surface area contributed by atoms with Crippen molar-refractivity contribution < 1.29 is 9.47 Å². The van der Waals surface area contributed by atoms with Gasteiger partial charge in [0.2, 0.25) is 0 Å². The number of fused-ring (bicyclic) bond motifs is 1. The summed E-state index contributed by atoms with van der Waals surface area (Å²) in [6, 6.07) is 6.17. The molecule has 1 saturated heterocycles. The maximum Gasteiger partial charge on any atom is 0.259 e. The van der Waals surface area contributed by atoms with Gasteiger partial charge in [-0.25, -0.2) is 4.98 Å². The SMILES string of the molecule is COCCN(C)c1cc(-c2cn(C)c(=O)c3cc(CN4CCCOCC4)sc23)ccn1. The lowest BCUT2D eigenvalue weighted by Gasteiger charge is -2.18. The third kappa shape index (κ3) is 4.98. The van der Waals surface area contributed by atoms with Crippen molar-refractivity contribution in [3.05, 3.63) is 45.8 Å². The molecule has 4 rings (SSSR count). The van der Waals surface area contributed by atoms with Crippen molar-refractivity contribution in [1.29, 1.82) is 0 Å². The van der Waals surface area contributed by atoms with Crippen LogP contribution >= 0.6 is 11.3 Å². The van der Waals surface area contributed by atoms with Crippen LogP contribution in [-0.2, 0) is 23.1 Å². The summed E-state index contributed by atoms with van der Waals surface area (Å²) in [6.45, 7) is 5.82. The Balaban J connectivity index is 1.70. The van der Waals surface area contributed by atoms with Crippen molar-refractivity contribution in [2.24, 2.45) is 7.05 Å². The molecular weight excluding hydrogens is 412 g/mol. The first-order chi connectivity index (χ1) is 15.1. The fourth-order valence-corrected chi connectivity index (χ4v) is 5.12. The number of anilines is 1.